The Morgan fingerprint density at radius 3 is 2.92 bits per heavy atom. The molecule has 2 unspecified atom stereocenters. The second-order valence-electron chi connectivity index (χ2n) is 6.90. The van der Waals surface area contributed by atoms with E-state index in [1.54, 1.807) is 6.20 Å². The fourth-order valence-electron chi connectivity index (χ4n) is 4.41. The average molecular weight is 319 g/mol. The number of rotatable bonds is 3. The Morgan fingerprint density at radius 1 is 1.25 bits per heavy atom. The minimum atomic E-state index is -0.173. The molecule has 2 saturated carbocycles. The second kappa shape index (κ2) is 4.91. The van der Waals surface area contributed by atoms with Crippen LogP contribution in [0.4, 0.5) is 0 Å². The molecule has 6 nitrogen and oxygen atoms in total. The normalized spacial score (nSPS) is 26.7. The summed E-state index contributed by atoms with van der Waals surface area (Å²) in [5.74, 6) is 1.92. The maximum Gasteiger partial charge on any atom is 0.202 e. The van der Waals surface area contributed by atoms with Crippen molar-refractivity contribution in [1.29, 1.82) is 5.26 Å². The number of nitriles is 1. The zero-order valence-corrected chi connectivity index (χ0v) is 13.2. The zero-order chi connectivity index (χ0) is 16.1. The first-order valence-corrected chi connectivity index (χ1v) is 8.47. The lowest BCUT2D eigenvalue weighted by molar-refractivity contribution is 0.323. The van der Waals surface area contributed by atoms with Gasteiger partial charge in [-0.3, -0.25) is 0 Å². The number of nitrogens with one attached hydrogen (secondary N) is 1. The van der Waals surface area contributed by atoms with Crippen molar-refractivity contribution in [3.8, 4) is 17.5 Å². The van der Waals surface area contributed by atoms with Gasteiger partial charge in [0.05, 0.1) is 23.6 Å². The van der Waals surface area contributed by atoms with E-state index in [1.165, 1.54) is 32.0 Å². The van der Waals surface area contributed by atoms with Crippen LogP contribution >= 0.6 is 0 Å². The first-order valence-electron chi connectivity index (χ1n) is 8.47. The lowest BCUT2D eigenvalue weighted by atomic mass is 9.85. The third-order valence-electron chi connectivity index (χ3n) is 5.73. The van der Waals surface area contributed by atoms with E-state index in [0.717, 1.165) is 29.0 Å². The predicted molar refractivity (Wildman–Crippen MR) is 86.7 cm³/mol. The molecule has 1 N–H and O–H groups in total. The van der Waals surface area contributed by atoms with Crippen molar-refractivity contribution in [2.24, 2.45) is 11.8 Å². The average Bonchev–Trinajstić information content (AvgIpc) is 3.15. The Balaban J connectivity index is 1.58. The molecule has 6 heteroatoms. The standard InChI is InChI=1S/C18H17N5O/c19-8-12-7-18(12,11-3-1-2-4-11)17-21-9-14(24-17)15-13-5-6-20-16(13)23-10-22-15/h5-6,9-12H,1-4,7H2,(H,20,22,23). The number of hydrogen-bond acceptors (Lipinski definition) is 5. The van der Waals surface area contributed by atoms with E-state index in [9.17, 15) is 5.26 Å². The summed E-state index contributed by atoms with van der Waals surface area (Å²) in [7, 11) is 0. The molecule has 2 fully saturated rings. The van der Waals surface area contributed by atoms with Crippen molar-refractivity contribution in [3.63, 3.8) is 0 Å². The molecule has 3 aromatic rings. The predicted octanol–water partition coefficient (Wildman–Crippen LogP) is 3.58. The lowest BCUT2D eigenvalue weighted by Crippen LogP contribution is -2.20. The first-order chi connectivity index (χ1) is 11.8. The third-order valence-corrected chi connectivity index (χ3v) is 5.73. The van der Waals surface area contributed by atoms with Crippen LogP contribution in [-0.4, -0.2) is 19.9 Å². The summed E-state index contributed by atoms with van der Waals surface area (Å²) in [5, 5.41) is 10.4. The minimum absolute atomic E-state index is 0.0322. The van der Waals surface area contributed by atoms with Crippen molar-refractivity contribution in [2.45, 2.75) is 37.5 Å². The fourth-order valence-corrected chi connectivity index (χ4v) is 4.41. The molecular formula is C18H17N5O. The van der Waals surface area contributed by atoms with Gasteiger partial charge < -0.3 is 9.40 Å². The molecular weight excluding hydrogens is 302 g/mol. The van der Waals surface area contributed by atoms with Crippen molar-refractivity contribution in [1.82, 2.24) is 19.9 Å². The molecule has 0 radical (unpaired) electrons. The molecule has 3 heterocycles. The Labute approximate surface area is 138 Å². The van der Waals surface area contributed by atoms with Gasteiger partial charge in [0.2, 0.25) is 5.89 Å². The van der Waals surface area contributed by atoms with Gasteiger partial charge in [0, 0.05) is 11.6 Å². The van der Waals surface area contributed by atoms with Gasteiger partial charge in [0.15, 0.2) is 5.76 Å². The largest absolute Gasteiger partial charge is 0.438 e. The van der Waals surface area contributed by atoms with Gasteiger partial charge in [0.1, 0.15) is 17.7 Å². The van der Waals surface area contributed by atoms with E-state index in [4.69, 9.17) is 4.42 Å². The first kappa shape index (κ1) is 13.7. The summed E-state index contributed by atoms with van der Waals surface area (Å²) < 4.78 is 6.15. The highest BCUT2D eigenvalue weighted by atomic mass is 16.4. The molecule has 0 saturated heterocycles. The number of aromatic amines is 1. The SMILES string of the molecule is N#CC1CC1(c1ncc(-c2ncnc3[nH]ccc23)o1)C1CCCC1. The molecule has 0 aromatic carbocycles. The summed E-state index contributed by atoms with van der Waals surface area (Å²) in [6.45, 7) is 0. The van der Waals surface area contributed by atoms with Gasteiger partial charge in [-0.25, -0.2) is 15.0 Å². The van der Waals surface area contributed by atoms with Crippen molar-refractivity contribution >= 4 is 11.0 Å². The van der Waals surface area contributed by atoms with E-state index in [-0.39, 0.29) is 11.3 Å². The number of hydrogen-bond donors (Lipinski definition) is 1. The summed E-state index contributed by atoms with van der Waals surface area (Å²) >= 11 is 0. The zero-order valence-electron chi connectivity index (χ0n) is 13.2. The number of aromatic nitrogens is 4. The van der Waals surface area contributed by atoms with Crippen LogP contribution in [0.25, 0.3) is 22.5 Å². The van der Waals surface area contributed by atoms with Crippen LogP contribution in [0.15, 0.2) is 29.2 Å². The van der Waals surface area contributed by atoms with Gasteiger partial charge >= 0.3 is 0 Å². The van der Waals surface area contributed by atoms with Gasteiger partial charge in [0.25, 0.3) is 0 Å². The highest BCUT2D eigenvalue weighted by Crippen LogP contribution is 2.62. The van der Waals surface area contributed by atoms with Gasteiger partial charge in [-0.2, -0.15) is 5.26 Å². The Hall–Kier alpha value is -2.68. The van der Waals surface area contributed by atoms with Gasteiger partial charge in [-0.05, 0) is 31.2 Å². The summed E-state index contributed by atoms with van der Waals surface area (Å²) in [6, 6.07) is 4.39. The number of fused-ring (bicyclic) bond motifs is 1. The lowest BCUT2D eigenvalue weighted by Gasteiger charge is -2.19. The molecule has 0 aliphatic heterocycles. The van der Waals surface area contributed by atoms with Crippen molar-refractivity contribution in [3.05, 3.63) is 30.7 Å². The van der Waals surface area contributed by atoms with E-state index >= 15 is 0 Å². The van der Waals surface area contributed by atoms with Crippen LogP contribution < -0.4 is 0 Å². The molecule has 0 bridgehead atoms. The summed E-state index contributed by atoms with van der Waals surface area (Å²) in [4.78, 5) is 16.2. The van der Waals surface area contributed by atoms with E-state index in [2.05, 4.69) is 26.0 Å². The quantitative estimate of drug-likeness (QED) is 0.796. The summed E-state index contributed by atoms with van der Waals surface area (Å²) in [6.07, 6.45) is 10.8. The summed E-state index contributed by atoms with van der Waals surface area (Å²) in [5.41, 5.74) is 1.36. The molecule has 24 heavy (non-hydrogen) atoms. The van der Waals surface area contributed by atoms with Crippen molar-refractivity contribution < 1.29 is 4.42 Å². The smallest absolute Gasteiger partial charge is 0.202 e. The van der Waals surface area contributed by atoms with Gasteiger partial charge in [-0.1, -0.05) is 12.8 Å². The minimum Gasteiger partial charge on any atom is -0.438 e. The van der Waals surface area contributed by atoms with Crippen LogP contribution in [-0.2, 0) is 5.41 Å². The van der Waals surface area contributed by atoms with Crippen LogP contribution in [0.5, 0.6) is 0 Å². The highest BCUT2D eigenvalue weighted by molar-refractivity contribution is 5.88. The van der Waals surface area contributed by atoms with E-state index < -0.39 is 0 Å². The van der Waals surface area contributed by atoms with Crippen LogP contribution in [0, 0.1) is 23.2 Å². The number of H-pyrrole nitrogens is 1. The maximum atomic E-state index is 9.46. The van der Waals surface area contributed by atoms with Crippen LogP contribution in [0.3, 0.4) is 0 Å². The molecule has 120 valence electrons. The van der Waals surface area contributed by atoms with Crippen molar-refractivity contribution in [2.75, 3.05) is 0 Å². The van der Waals surface area contributed by atoms with Crippen LogP contribution in [0.1, 0.15) is 38.0 Å². The molecule has 2 aliphatic rings. The van der Waals surface area contributed by atoms with Crippen LogP contribution in [0.2, 0.25) is 0 Å². The monoisotopic (exact) mass is 319 g/mol. The molecule has 2 atom stereocenters. The topological polar surface area (TPSA) is 91.4 Å². The molecule has 0 amide bonds. The third kappa shape index (κ3) is 1.78. The fraction of sp³-hybridized carbons (Fsp3) is 0.444. The van der Waals surface area contributed by atoms with E-state index in [0.29, 0.717) is 11.7 Å². The highest BCUT2D eigenvalue weighted by Gasteiger charge is 2.64. The Kier molecular flexibility index (Phi) is 2.81. The molecule has 3 aromatic heterocycles. The maximum absolute atomic E-state index is 9.46. The number of nitrogens with zero attached hydrogens (tertiary/aromatic N) is 4. The molecule has 5 rings (SSSR count). The van der Waals surface area contributed by atoms with Gasteiger partial charge in [-0.15, -0.1) is 0 Å². The Morgan fingerprint density at radius 2 is 2.12 bits per heavy atom. The second-order valence-corrected chi connectivity index (χ2v) is 6.90. The van der Waals surface area contributed by atoms with E-state index in [1.807, 2.05) is 12.3 Å². The Bertz CT molecular complexity index is 946. The molecule has 2 aliphatic carbocycles. The molecule has 0 spiro atoms. The number of oxazole rings is 1.